The summed E-state index contributed by atoms with van der Waals surface area (Å²) >= 11 is 6.03. The van der Waals surface area contributed by atoms with Crippen LogP contribution in [-0.4, -0.2) is 16.6 Å². The van der Waals surface area contributed by atoms with Gasteiger partial charge in [0.2, 0.25) is 5.88 Å². The van der Waals surface area contributed by atoms with E-state index >= 15 is 0 Å². The van der Waals surface area contributed by atoms with Gasteiger partial charge in [-0.2, -0.15) is 4.98 Å². The average molecular weight is 285 g/mol. The van der Waals surface area contributed by atoms with E-state index in [1.807, 2.05) is 55.5 Å². The molecular formula is C16H13ClN2O. The molecule has 20 heavy (non-hydrogen) atoms. The van der Waals surface area contributed by atoms with E-state index in [-0.39, 0.29) is 0 Å². The molecule has 100 valence electrons. The highest BCUT2D eigenvalue weighted by atomic mass is 35.5. The lowest BCUT2D eigenvalue weighted by molar-refractivity contribution is 0.331. The Hall–Kier alpha value is -2.13. The Bertz CT molecular complexity index is 758. The van der Waals surface area contributed by atoms with Crippen molar-refractivity contribution in [3.05, 3.63) is 53.6 Å². The minimum atomic E-state index is 0.565. The van der Waals surface area contributed by atoms with Crippen molar-refractivity contribution in [2.24, 2.45) is 0 Å². The molecule has 0 aliphatic rings. The van der Waals surface area contributed by atoms with Gasteiger partial charge in [-0.05, 0) is 31.2 Å². The van der Waals surface area contributed by atoms with Crippen molar-refractivity contribution >= 4 is 22.5 Å². The molecule has 0 fully saturated rings. The molecule has 0 aliphatic carbocycles. The second kappa shape index (κ2) is 5.47. The highest BCUT2D eigenvalue weighted by Gasteiger charge is 2.10. The van der Waals surface area contributed by atoms with E-state index < -0.39 is 0 Å². The highest BCUT2D eigenvalue weighted by Crippen LogP contribution is 2.27. The Kier molecular flexibility index (Phi) is 3.52. The van der Waals surface area contributed by atoms with Gasteiger partial charge in [0.05, 0.1) is 17.5 Å². The fraction of sp³-hybridized carbons (Fsp3) is 0.125. The maximum Gasteiger partial charge on any atom is 0.225 e. The van der Waals surface area contributed by atoms with Gasteiger partial charge in [0.15, 0.2) is 5.82 Å². The second-order valence-electron chi connectivity index (χ2n) is 4.31. The first kappa shape index (κ1) is 12.9. The normalized spacial score (nSPS) is 10.7. The van der Waals surface area contributed by atoms with Crippen molar-refractivity contribution in [2.75, 3.05) is 6.61 Å². The first-order chi connectivity index (χ1) is 9.78. The van der Waals surface area contributed by atoms with Gasteiger partial charge in [-0.15, -0.1) is 0 Å². The summed E-state index contributed by atoms with van der Waals surface area (Å²) in [5.41, 5.74) is 1.74. The van der Waals surface area contributed by atoms with E-state index in [0.29, 0.717) is 23.3 Å². The van der Waals surface area contributed by atoms with E-state index in [9.17, 15) is 0 Å². The number of benzene rings is 2. The van der Waals surface area contributed by atoms with Gasteiger partial charge in [0, 0.05) is 10.6 Å². The number of hydrogen-bond acceptors (Lipinski definition) is 3. The average Bonchev–Trinajstić information content (AvgIpc) is 2.47. The molecule has 0 saturated heterocycles. The third kappa shape index (κ3) is 2.45. The fourth-order valence-electron chi connectivity index (χ4n) is 2.05. The molecule has 0 aliphatic heterocycles. The zero-order valence-electron chi connectivity index (χ0n) is 11.0. The Morgan fingerprint density at radius 3 is 2.70 bits per heavy atom. The van der Waals surface area contributed by atoms with E-state index in [2.05, 4.69) is 9.97 Å². The third-order valence-corrected chi connectivity index (χ3v) is 3.17. The van der Waals surface area contributed by atoms with Crippen molar-refractivity contribution in [3.8, 4) is 17.3 Å². The van der Waals surface area contributed by atoms with Gasteiger partial charge in [-0.3, -0.25) is 0 Å². The summed E-state index contributed by atoms with van der Waals surface area (Å²) in [6.45, 7) is 2.51. The van der Waals surface area contributed by atoms with E-state index in [1.165, 1.54) is 0 Å². The monoisotopic (exact) mass is 284 g/mol. The molecule has 0 saturated carbocycles. The summed E-state index contributed by atoms with van der Waals surface area (Å²) < 4.78 is 5.63. The lowest BCUT2D eigenvalue weighted by Crippen LogP contribution is -1.99. The number of nitrogens with zero attached hydrogens (tertiary/aromatic N) is 2. The molecule has 2 aromatic carbocycles. The number of halogens is 1. The molecule has 0 bridgehead atoms. The van der Waals surface area contributed by atoms with Crippen LogP contribution in [0.25, 0.3) is 22.3 Å². The standard InChI is InChI=1S/C16H13ClN2O/c1-2-20-16-13-8-3-4-9-14(13)18-15(19-16)11-6-5-7-12(17)10-11/h3-10H,2H2,1H3. The smallest absolute Gasteiger partial charge is 0.225 e. The van der Waals surface area contributed by atoms with Crippen molar-refractivity contribution in [3.63, 3.8) is 0 Å². The summed E-state index contributed by atoms with van der Waals surface area (Å²) in [4.78, 5) is 9.09. The lowest BCUT2D eigenvalue weighted by Gasteiger charge is -2.09. The number of aromatic nitrogens is 2. The SMILES string of the molecule is CCOc1nc(-c2cccc(Cl)c2)nc2ccccc12. The predicted molar refractivity (Wildman–Crippen MR) is 81.2 cm³/mol. The van der Waals surface area contributed by atoms with Gasteiger partial charge < -0.3 is 4.74 Å². The van der Waals surface area contributed by atoms with Gasteiger partial charge in [-0.25, -0.2) is 4.98 Å². The molecular weight excluding hydrogens is 272 g/mol. The molecule has 0 unspecified atom stereocenters. The molecule has 4 heteroatoms. The number of rotatable bonds is 3. The van der Waals surface area contributed by atoms with Crippen molar-refractivity contribution in [2.45, 2.75) is 6.92 Å². The summed E-state index contributed by atoms with van der Waals surface area (Å²) in [6, 6.07) is 15.3. The van der Waals surface area contributed by atoms with Crippen LogP contribution in [0.1, 0.15) is 6.92 Å². The topological polar surface area (TPSA) is 35.0 Å². The zero-order chi connectivity index (χ0) is 13.9. The number of fused-ring (bicyclic) bond motifs is 1. The van der Waals surface area contributed by atoms with Gasteiger partial charge in [0.1, 0.15) is 0 Å². The van der Waals surface area contributed by atoms with Gasteiger partial charge >= 0.3 is 0 Å². The van der Waals surface area contributed by atoms with Crippen LogP contribution in [0.4, 0.5) is 0 Å². The second-order valence-corrected chi connectivity index (χ2v) is 4.75. The van der Waals surface area contributed by atoms with Gasteiger partial charge in [0.25, 0.3) is 0 Å². The van der Waals surface area contributed by atoms with Crippen LogP contribution in [0.2, 0.25) is 5.02 Å². The highest BCUT2D eigenvalue weighted by molar-refractivity contribution is 6.30. The minimum absolute atomic E-state index is 0.565. The molecule has 3 nitrogen and oxygen atoms in total. The Morgan fingerprint density at radius 2 is 1.90 bits per heavy atom. The number of ether oxygens (including phenoxy) is 1. The maximum atomic E-state index is 6.03. The van der Waals surface area contributed by atoms with Crippen molar-refractivity contribution < 1.29 is 4.74 Å². The van der Waals surface area contributed by atoms with E-state index in [4.69, 9.17) is 16.3 Å². The molecule has 0 amide bonds. The quantitative estimate of drug-likeness (QED) is 0.717. The van der Waals surface area contributed by atoms with Crippen LogP contribution in [0.3, 0.4) is 0 Å². The van der Waals surface area contributed by atoms with Gasteiger partial charge in [-0.1, -0.05) is 35.9 Å². The summed E-state index contributed by atoms with van der Waals surface area (Å²) in [6.07, 6.45) is 0. The van der Waals surface area contributed by atoms with Crippen LogP contribution in [0.15, 0.2) is 48.5 Å². The predicted octanol–water partition coefficient (Wildman–Crippen LogP) is 4.35. The summed E-state index contributed by atoms with van der Waals surface area (Å²) in [5.74, 6) is 1.22. The summed E-state index contributed by atoms with van der Waals surface area (Å²) in [7, 11) is 0. The maximum absolute atomic E-state index is 6.03. The van der Waals surface area contributed by atoms with Crippen LogP contribution in [-0.2, 0) is 0 Å². The molecule has 3 rings (SSSR count). The fourth-order valence-corrected chi connectivity index (χ4v) is 2.24. The number of hydrogen-bond donors (Lipinski definition) is 0. The lowest BCUT2D eigenvalue weighted by atomic mass is 10.2. The molecule has 0 radical (unpaired) electrons. The molecule has 3 aromatic rings. The van der Waals surface area contributed by atoms with E-state index in [1.54, 1.807) is 0 Å². The Balaban J connectivity index is 2.21. The third-order valence-electron chi connectivity index (χ3n) is 2.93. The van der Waals surface area contributed by atoms with Crippen LogP contribution in [0, 0.1) is 0 Å². The largest absolute Gasteiger partial charge is 0.477 e. The van der Waals surface area contributed by atoms with Crippen LogP contribution < -0.4 is 4.74 Å². The van der Waals surface area contributed by atoms with Crippen molar-refractivity contribution in [1.82, 2.24) is 9.97 Å². The van der Waals surface area contributed by atoms with E-state index in [0.717, 1.165) is 16.5 Å². The first-order valence-electron chi connectivity index (χ1n) is 6.43. The van der Waals surface area contributed by atoms with Crippen molar-refractivity contribution in [1.29, 1.82) is 0 Å². The van der Waals surface area contributed by atoms with Crippen LogP contribution >= 0.6 is 11.6 Å². The molecule has 0 spiro atoms. The minimum Gasteiger partial charge on any atom is -0.477 e. The summed E-state index contributed by atoms with van der Waals surface area (Å²) in [5, 5.41) is 1.58. The van der Waals surface area contributed by atoms with Crippen LogP contribution in [0.5, 0.6) is 5.88 Å². The number of para-hydroxylation sites is 1. The molecule has 1 aromatic heterocycles. The first-order valence-corrected chi connectivity index (χ1v) is 6.81. The molecule has 0 N–H and O–H groups in total. The Morgan fingerprint density at radius 1 is 1.05 bits per heavy atom. The Labute approximate surface area is 122 Å². The molecule has 0 atom stereocenters. The zero-order valence-corrected chi connectivity index (χ0v) is 11.8. The molecule has 1 heterocycles.